The van der Waals surface area contributed by atoms with Crippen molar-refractivity contribution in [3.05, 3.63) is 0 Å². The summed E-state index contributed by atoms with van der Waals surface area (Å²) in [5, 5.41) is 12.2. The van der Waals surface area contributed by atoms with Gasteiger partial charge in [-0.3, -0.25) is 4.79 Å². The zero-order chi connectivity index (χ0) is 12.0. The van der Waals surface area contributed by atoms with Gasteiger partial charge >= 0.3 is 0 Å². The van der Waals surface area contributed by atoms with Crippen molar-refractivity contribution in [3.63, 3.8) is 0 Å². The maximum atomic E-state index is 11.7. The van der Waals surface area contributed by atoms with Crippen LogP contribution >= 0.6 is 0 Å². The van der Waals surface area contributed by atoms with Crippen molar-refractivity contribution in [3.8, 4) is 0 Å². The van der Waals surface area contributed by atoms with Crippen LogP contribution in [-0.2, 0) is 4.79 Å². The molecule has 0 radical (unpaired) electrons. The van der Waals surface area contributed by atoms with Crippen LogP contribution in [-0.4, -0.2) is 29.7 Å². The van der Waals surface area contributed by atoms with Crippen LogP contribution in [0.15, 0.2) is 0 Å². The lowest BCUT2D eigenvalue weighted by molar-refractivity contribution is -0.124. The molecule has 0 aromatic carbocycles. The van der Waals surface area contributed by atoms with Gasteiger partial charge in [-0.15, -0.1) is 0 Å². The summed E-state index contributed by atoms with van der Waals surface area (Å²) in [6, 6.07) is -0.277. The monoisotopic (exact) mass is 228 g/mol. The zero-order valence-corrected chi connectivity index (χ0v) is 10.1. The minimum atomic E-state index is -0.397. The molecule has 0 aromatic heterocycles. The lowest BCUT2D eigenvalue weighted by Gasteiger charge is -2.31. The second-order valence-corrected chi connectivity index (χ2v) is 4.74. The smallest absolute Gasteiger partial charge is 0.237 e. The minimum Gasteiger partial charge on any atom is -0.396 e. The maximum Gasteiger partial charge on any atom is 0.237 e. The van der Waals surface area contributed by atoms with Gasteiger partial charge in [-0.25, -0.2) is 0 Å². The van der Waals surface area contributed by atoms with Crippen LogP contribution in [0.5, 0.6) is 0 Å². The third kappa shape index (κ3) is 3.76. The Labute approximate surface area is 97.6 Å². The van der Waals surface area contributed by atoms with E-state index >= 15 is 0 Å². The number of carbonyl (C=O) groups excluding carboxylic acids is 1. The molecule has 0 spiro atoms. The molecule has 4 nitrogen and oxygen atoms in total. The van der Waals surface area contributed by atoms with Gasteiger partial charge in [0.2, 0.25) is 5.91 Å². The minimum absolute atomic E-state index is 0.0628. The molecule has 3 atom stereocenters. The van der Waals surface area contributed by atoms with Gasteiger partial charge in [0, 0.05) is 18.6 Å². The fourth-order valence-electron chi connectivity index (χ4n) is 2.35. The van der Waals surface area contributed by atoms with Gasteiger partial charge in [0.15, 0.2) is 0 Å². The van der Waals surface area contributed by atoms with Crippen LogP contribution < -0.4 is 11.1 Å². The number of amides is 1. The highest BCUT2D eigenvalue weighted by molar-refractivity contribution is 5.81. The number of aliphatic hydroxyl groups excluding tert-OH is 1. The first-order valence-electron chi connectivity index (χ1n) is 6.35. The normalized spacial score (nSPS) is 27.4. The Kier molecular flexibility index (Phi) is 5.77. The van der Waals surface area contributed by atoms with E-state index in [-0.39, 0.29) is 24.5 Å². The molecule has 1 aliphatic rings. The van der Waals surface area contributed by atoms with Crippen LogP contribution in [0.2, 0.25) is 0 Å². The number of nitrogens with one attached hydrogen (secondary N) is 1. The molecule has 0 bridgehead atoms. The molecule has 4 heteroatoms. The summed E-state index contributed by atoms with van der Waals surface area (Å²) in [5.74, 6) is 0.152. The van der Waals surface area contributed by atoms with Crippen LogP contribution in [0.25, 0.3) is 0 Å². The number of carbonyl (C=O) groups is 1. The van der Waals surface area contributed by atoms with Crippen molar-refractivity contribution in [2.24, 2.45) is 11.7 Å². The van der Waals surface area contributed by atoms with E-state index in [2.05, 4.69) is 5.32 Å². The van der Waals surface area contributed by atoms with Crippen LogP contribution in [0.1, 0.15) is 45.4 Å². The molecular formula is C12H24N2O2. The van der Waals surface area contributed by atoms with Crippen molar-refractivity contribution < 1.29 is 9.90 Å². The van der Waals surface area contributed by atoms with Crippen LogP contribution in [0, 0.1) is 5.92 Å². The van der Waals surface area contributed by atoms with Gasteiger partial charge in [-0.2, -0.15) is 0 Å². The molecule has 0 saturated heterocycles. The van der Waals surface area contributed by atoms with Gasteiger partial charge in [-0.05, 0) is 19.3 Å². The van der Waals surface area contributed by atoms with Crippen molar-refractivity contribution in [1.82, 2.24) is 5.32 Å². The largest absolute Gasteiger partial charge is 0.396 e. The molecule has 0 aromatic rings. The number of nitrogens with two attached hydrogens (primary N) is 1. The van der Waals surface area contributed by atoms with E-state index in [4.69, 9.17) is 5.73 Å². The molecule has 0 heterocycles. The molecule has 0 aliphatic heterocycles. The molecule has 2 unspecified atom stereocenters. The summed E-state index contributed by atoms with van der Waals surface area (Å²) < 4.78 is 0. The predicted octanol–water partition coefficient (Wildman–Crippen LogP) is 0.781. The van der Waals surface area contributed by atoms with E-state index in [1.165, 1.54) is 0 Å². The van der Waals surface area contributed by atoms with E-state index in [1.807, 2.05) is 6.92 Å². The zero-order valence-electron chi connectivity index (χ0n) is 10.1. The van der Waals surface area contributed by atoms with E-state index in [0.717, 1.165) is 38.5 Å². The molecule has 1 aliphatic carbocycles. The molecule has 1 rings (SSSR count). The Hall–Kier alpha value is -0.610. The summed E-state index contributed by atoms with van der Waals surface area (Å²) in [4.78, 5) is 11.7. The fraction of sp³-hybridized carbons (Fsp3) is 0.917. The topological polar surface area (TPSA) is 75.4 Å². The summed E-state index contributed by atoms with van der Waals surface area (Å²) in [7, 11) is 0. The Morgan fingerprint density at radius 1 is 1.50 bits per heavy atom. The quantitative estimate of drug-likeness (QED) is 0.651. The third-order valence-corrected chi connectivity index (χ3v) is 3.41. The maximum absolute atomic E-state index is 11.7. The lowest BCUT2D eigenvalue weighted by Crippen LogP contribution is -2.49. The first-order chi connectivity index (χ1) is 7.69. The Bertz CT molecular complexity index is 221. The highest BCUT2D eigenvalue weighted by Crippen LogP contribution is 2.23. The lowest BCUT2D eigenvalue weighted by atomic mass is 9.85. The van der Waals surface area contributed by atoms with Gasteiger partial charge in [-0.1, -0.05) is 26.2 Å². The number of aliphatic hydroxyl groups is 1. The number of hydrogen-bond acceptors (Lipinski definition) is 3. The Balaban J connectivity index is 2.41. The number of hydrogen-bond donors (Lipinski definition) is 3. The predicted molar refractivity (Wildman–Crippen MR) is 63.9 cm³/mol. The van der Waals surface area contributed by atoms with Crippen LogP contribution in [0.4, 0.5) is 0 Å². The molecule has 16 heavy (non-hydrogen) atoms. The highest BCUT2D eigenvalue weighted by atomic mass is 16.3. The average molecular weight is 228 g/mol. The summed E-state index contributed by atoms with van der Waals surface area (Å²) >= 11 is 0. The van der Waals surface area contributed by atoms with E-state index in [1.54, 1.807) is 0 Å². The summed E-state index contributed by atoms with van der Waals surface area (Å²) in [6.45, 7) is 2.18. The van der Waals surface area contributed by atoms with Crippen LogP contribution in [0.3, 0.4) is 0 Å². The van der Waals surface area contributed by atoms with E-state index in [0.29, 0.717) is 0 Å². The molecule has 1 amide bonds. The first-order valence-corrected chi connectivity index (χ1v) is 6.35. The molecule has 1 saturated carbocycles. The van der Waals surface area contributed by atoms with Gasteiger partial charge in [0.25, 0.3) is 0 Å². The summed E-state index contributed by atoms with van der Waals surface area (Å²) in [5.41, 5.74) is 5.76. The standard InChI is InChI=1S/C12H24N2O2/c1-2-5-10(13)12(16)14-11-7-4-3-6-9(11)8-15/h9-11,15H,2-8,13H2,1H3,(H,14,16)/t9?,10-,11?/m0/s1. The fourth-order valence-corrected chi connectivity index (χ4v) is 2.35. The van der Waals surface area contributed by atoms with Crippen molar-refractivity contribution in [2.75, 3.05) is 6.61 Å². The Morgan fingerprint density at radius 3 is 2.81 bits per heavy atom. The van der Waals surface area contributed by atoms with Crippen molar-refractivity contribution in [1.29, 1.82) is 0 Å². The second-order valence-electron chi connectivity index (χ2n) is 4.74. The van der Waals surface area contributed by atoms with Crippen molar-refractivity contribution >= 4 is 5.91 Å². The summed E-state index contributed by atoms with van der Waals surface area (Å²) in [6.07, 6.45) is 5.90. The van der Waals surface area contributed by atoms with Crippen molar-refractivity contribution in [2.45, 2.75) is 57.5 Å². The van der Waals surface area contributed by atoms with E-state index < -0.39 is 6.04 Å². The second kappa shape index (κ2) is 6.86. The van der Waals surface area contributed by atoms with Gasteiger partial charge in [0.05, 0.1) is 6.04 Å². The molecule has 4 N–H and O–H groups in total. The Morgan fingerprint density at radius 2 is 2.19 bits per heavy atom. The van der Waals surface area contributed by atoms with Gasteiger partial charge in [0.1, 0.15) is 0 Å². The highest BCUT2D eigenvalue weighted by Gasteiger charge is 2.27. The molecule has 94 valence electrons. The third-order valence-electron chi connectivity index (χ3n) is 3.41. The van der Waals surface area contributed by atoms with Gasteiger partial charge < -0.3 is 16.2 Å². The molecular weight excluding hydrogens is 204 g/mol. The number of rotatable bonds is 5. The van der Waals surface area contributed by atoms with E-state index in [9.17, 15) is 9.90 Å². The average Bonchev–Trinajstić information content (AvgIpc) is 2.30. The first kappa shape index (κ1) is 13.5. The SMILES string of the molecule is CCC[C@H](N)C(=O)NC1CCCCC1CO. The molecule has 1 fully saturated rings.